The highest BCUT2D eigenvalue weighted by atomic mass is 32.2. The van der Waals surface area contributed by atoms with Gasteiger partial charge >= 0.3 is 5.97 Å². The monoisotopic (exact) mass is 412 g/mol. The molecule has 0 aliphatic heterocycles. The molecule has 0 fully saturated rings. The van der Waals surface area contributed by atoms with Crippen molar-refractivity contribution >= 4 is 39.3 Å². The van der Waals surface area contributed by atoms with Crippen LogP contribution in [-0.4, -0.2) is 31.8 Å². The molecule has 0 saturated carbocycles. The van der Waals surface area contributed by atoms with Crippen LogP contribution >= 0.6 is 23.1 Å². The maximum absolute atomic E-state index is 12.0. The lowest BCUT2D eigenvalue weighted by Crippen LogP contribution is -2.07. The summed E-state index contributed by atoms with van der Waals surface area (Å²) in [5.74, 6) is 0.500. The first-order valence-electron chi connectivity index (χ1n) is 8.61. The average Bonchev–Trinajstić information content (AvgIpc) is 3.40. The van der Waals surface area contributed by atoms with Gasteiger partial charge in [-0.15, -0.1) is 11.3 Å². The van der Waals surface area contributed by atoms with Crippen molar-refractivity contribution in [2.45, 2.75) is 25.0 Å². The first kappa shape index (κ1) is 18.6. The predicted molar refractivity (Wildman–Crippen MR) is 107 cm³/mol. The Kier molecular flexibility index (Phi) is 5.63. The van der Waals surface area contributed by atoms with E-state index in [2.05, 4.69) is 27.0 Å². The number of carbonyl (C=O) groups excluding carboxylic acids is 1. The number of rotatable bonds is 7. The number of aromatic nitrogens is 4. The molecule has 142 valence electrons. The summed E-state index contributed by atoms with van der Waals surface area (Å²) >= 11 is 2.86. The zero-order chi connectivity index (χ0) is 19.3. The van der Waals surface area contributed by atoms with Gasteiger partial charge in [-0.1, -0.05) is 48.1 Å². The van der Waals surface area contributed by atoms with Gasteiger partial charge in [0, 0.05) is 10.9 Å². The van der Waals surface area contributed by atoms with E-state index in [4.69, 9.17) is 9.26 Å². The van der Waals surface area contributed by atoms with Crippen molar-refractivity contribution in [1.29, 1.82) is 0 Å². The molecule has 0 aliphatic rings. The highest BCUT2D eigenvalue weighted by Crippen LogP contribution is 2.27. The zero-order valence-electron chi connectivity index (χ0n) is 15.0. The lowest BCUT2D eigenvalue weighted by atomic mass is 10.1. The SMILES string of the molecule is CCc1ccc(-c2noc(COC(=O)CSc3ncnc4sccc34)n2)cc1. The lowest BCUT2D eigenvalue weighted by Gasteiger charge is -2.02. The normalized spacial score (nSPS) is 11.0. The highest BCUT2D eigenvalue weighted by Gasteiger charge is 2.13. The Morgan fingerprint density at radius 3 is 2.89 bits per heavy atom. The van der Waals surface area contributed by atoms with Crippen LogP contribution in [0.3, 0.4) is 0 Å². The summed E-state index contributed by atoms with van der Waals surface area (Å²) < 4.78 is 10.4. The Balaban J connectivity index is 1.31. The summed E-state index contributed by atoms with van der Waals surface area (Å²) in [7, 11) is 0. The molecule has 0 saturated heterocycles. The second kappa shape index (κ2) is 8.49. The molecule has 0 aliphatic carbocycles. The van der Waals surface area contributed by atoms with Crippen molar-refractivity contribution in [3.8, 4) is 11.4 Å². The van der Waals surface area contributed by atoms with Crippen molar-refractivity contribution in [3.05, 3.63) is 53.5 Å². The average molecular weight is 412 g/mol. The minimum atomic E-state index is -0.376. The van der Waals surface area contributed by atoms with Gasteiger partial charge in [-0.2, -0.15) is 4.98 Å². The Labute approximate surface area is 169 Å². The van der Waals surface area contributed by atoms with Crippen LogP contribution in [0.2, 0.25) is 0 Å². The number of ether oxygens (including phenoxy) is 1. The fourth-order valence-electron chi connectivity index (χ4n) is 2.51. The molecule has 0 spiro atoms. The molecule has 0 unspecified atom stereocenters. The molecular weight excluding hydrogens is 396 g/mol. The molecule has 4 aromatic rings. The van der Waals surface area contributed by atoms with Crippen LogP contribution in [-0.2, 0) is 22.6 Å². The third kappa shape index (κ3) is 4.20. The minimum Gasteiger partial charge on any atom is -0.455 e. The molecule has 0 amide bonds. The molecule has 0 bridgehead atoms. The first-order valence-corrected chi connectivity index (χ1v) is 10.5. The number of thioether (sulfide) groups is 1. The molecule has 0 atom stereocenters. The van der Waals surface area contributed by atoms with Gasteiger partial charge < -0.3 is 9.26 Å². The van der Waals surface area contributed by atoms with Gasteiger partial charge in [0.15, 0.2) is 6.61 Å². The van der Waals surface area contributed by atoms with Crippen molar-refractivity contribution in [2.24, 2.45) is 0 Å². The molecule has 3 aromatic heterocycles. The van der Waals surface area contributed by atoms with E-state index in [0.717, 1.165) is 27.2 Å². The topological polar surface area (TPSA) is 91.0 Å². The van der Waals surface area contributed by atoms with Crippen LogP contribution < -0.4 is 0 Å². The van der Waals surface area contributed by atoms with E-state index < -0.39 is 0 Å². The Hall–Kier alpha value is -2.78. The second-order valence-electron chi connectivity index (χ2n) is 5.83. The van der Waals surface area contributed by atoms with Crippen LogP contribution in [0.25, 0.3) is 21.6 Å². The van der Waals surface area contributed by atoms with Crippen molar-refractivity contribution in [3.63, 3.8) is 0 Å². The molecule has 28 heavy (non-hydrogen) atoms. The summed E-state index contributed by atoms with van der Waals surface area (Å²) in [5, 5.41) is 7.60. The number of benzene rings is 1. The van der Waals surface area contributed by atoms with E-state index in [-0.39, 0.29) is 24.2 Å². The molecule has 7 nitrogen and oxygen atoms in total. The molecule has 3 heterocycles. The first-order chi connectivity index (χ1) is 13.7. The molecule has 0 N–H and O–H groups in total. The number of hydrogen-bond acceptors (Lipinski definition) is 9. The van der Waals surface area contributed by atoms with Crippen molar-refractivity contribution < 1.29 is 14.1 Å². The van der Waals surface area contributed by atoms with Crippen LogP contribution in [0.1, 0.15) is 18.4 Å². The zero-order valence-corrected chi connectivity index (χ0v) is 16.6. The fraction of sp³-hybridized carbons (Fsp3) is 0.211. The molecule has 9 heteroatoms. The van der Waals surface area contributed by atoms with E-state index in [9.17, 15) is 4.79 Å². The molecular formula is C19H16N4O3S2. The van der Waals surface area contributed by atoms with E-state index in [1.807, 2.05) is 35.7 Å². The molecule has 0 radical (unpaired) electrons. The third-order valence-corrected chi connectivity index (χ3v) is 5.80. The standard InChI is InChI=1S/C19H16N4O3S2/c1-2-12-3-5-13(6-4-12)17-22-15(26-23-17)9-25-16(24)10-28-19-14-7-8-27-18(14)20-11-21-19/h3-8,11H,2,9-10H2,1H3. The van der Waals surface area contributed by atoms with Gasteiger partial charge in [0.25, 0.3) is 5.89 Å². The maximum Gasteiger partial charge on any atom is 0.316 e. The third-order valence-electron chi connectivity index (χ3n) is 4.00. The lowest BCUT2D eigenvalue weighted by molar-refractivity contribution is -0.142. The van der Waals surface area contributed by atoms with Crippen molar-refractivity contribution in [1.82, 2.24) is 20.1 Å². The number of thiophene rings is 1. The van der Waals surface area contributed by atoms with Crippen LogP contribution in [0.4, 0.5) is 0 Å². The van der Waals surface area contributed by atoms with Gasteiger partial charge in [-0.05, 0) is 23.4 Å². The summed E-state index contributed by atoms with van der Waals surface area (Å²) in [6.45, 7) is 2.04. The fourth-order valence-corrected chi connectivity index (χ4v) is 4.09. The van der Waals surface area contributed by atoms with Gasteiger partial charge in [-0.3, -0.25) is 4.79 Å². The summed E-state index contributed by atoms with van der Waals surface area (Å²) in [5.41, 5.74) is 2.10. The van der Waals surface area contributed by atoms with Gasteiger partial charge in [0.2, 0.25) is 5.82 Å². The number of nitrogens with zero attached hydrogens (tertiary/aromatic N) is 4. The quantitative estimate of drug-likeness (QED) is 0.254. The number of aryl methyl sites for hydroxylation is 1. The predicted octanol–water partition coefficient (Wildman–Crippen LogP) is 4.14. The smallest absolute Gasteiger partial charge is 0.316 e. The van der Waals surface area contributed by atoms with Gasteiger partial charge in [0.1, 0.15) is 16.2 Å². The Morgan fingerprint density at radius 2 is 2.07 bits per heavy atom. The summed E-state index contributed by atoms with van der Waals surface area (Å²) in [6, 6.07) is 9.90. The van der Waals surface area contributed by atoms with E-state index in [1.165, 1.54) is 35.0 Å². The summed E-state index contributed by atoms with van der Waals surface area (Å²) in [6.07, 6.45) is 2.47. The number of fused-ring (bicyclic) bond motifs is 1. The second-order valence-corrected chi connectivity index (χ2v) is 7.69. The Bertz CT molecular complexity index is 1090. The number of hydrogen-bond donors (Lipinski definition) is 0. The minimum absolute atomic E-state index is 0.0585. The molecule has 1 aromatic carbocycles. The number of carbonyl (C=O) groups is 1. The van der Waals surface area contributed by atoms with Crippen LogP contribution in [0, 0.1) is 0 Å². The number of esters is 1. The van der Waals surface area contributed by atoms with Crippen LogP contribution in [0.5, 0.6) is 0 Å². The van der Waals surface area contributed by atoms with Crippen molar-refractivity contribution in [2.75, 3.05) is 5.75 Å². The van der Waals surface area contributed by atoms with E-state index >= 15 is 0 Å². The summed E-state index contributed by atoms with van der Waals surface area (Å²) in [4.78, 5) is 25.6. The van der Waals surface area contributed by atoms with E-state index in [1.54, 1.807) is 0 Å². The Morgan fingerprint density at radius 1 is 1.21 bits per heavy atom. The highest BCUT2D eigenvalue weighted by molar-refractivity contribution is 8.00. The maximum atomic E-state index is 12.0. The molecule has 4 rings (SSSR count). The van der Waals surface area contributed by atoms with E-state index in [0.29, 0.717) is 5.82 Å². The van der Waals surface area contributed by atoms with Crippen LogP contribution in [0.15, 0.2) is 51.6 Å². The van der Waals surface area contributed by atoms with Gasteiger partial charge in [0.05, 0.1) is 5.75 Å². The van der Waals surface area contributed by atoms with Gasteiger partial charge in [-0.25, -0.2) is 9.97 Å². The largest absolute Gasteiger partial charge is 0.455 e.